The van der Waals surface area contributed by atoms with Crippen LogP contribution in [0.4, 0.5) is 0 Å². The fourth-order valence-electron chi connectivity index (χ4n) is 5.07. The van der Waals surface area contributed by atoms with Crippen LogP contribution < -0.4 is 10.6 Å². The molecule has 4 unspecified atom stereocenters. The Morgan fingerprint density at radius 1 is 1.04 bits per heavy atom. The molecule has 0 aromatic heterocycles. The molecule has 2 bridgehead atoms. The standard InChI is InChI=1S/C21H43N3O2Si/c1-27(2,3)15-14-26-17-24-16-21(25)18-10-7-8-11-19(18)22-13-9-5-4-6-12-20(24)23-21/h18-20,22-23,25H,4-17H2,1-3H3. The minimum atomic E-state index is -1.06. The number of fused-ring (bicyclic) bond motifs is 4. The molecule has 0 spiro atoms. The van der Waals surface area contributed by atoms with E-state index in [9.17, 15) is 5.11 Å². The van der Waals surface area contributed by atoms with Gasteiger partial charge < -0.3 is 15.2 Å². The number of hydrogen-bond donors (Lipinski definition) is 3. The van der Waals surface area contributed by atoms with E-state index in [1.165, 1.54) is 51.0 Å². The van der Waals surface area contributed by atoms with Crippen LogP contribution in [0.3, 0.4) is 0 Å². The maximum absolute atomic E-state index is 11.6. The molecule has 0 aromatic rings. The molecular weight excluding hydrogens is 354 g/mol. The Bertz CT molecular complexity index is 459. The van der Waals surface area contributed by atoms with Crippen LogP contribution in [-0.4, -0.2) is 62.4 Å². The van der Waals surface area contributed by atoms with E-state index in [2.05, 4.69) is 35.2 Å². The maximum Gasteiger partial charge on any atom is 0.134 e. The largest absolute Gasteiger partial charge is 0.374 e. The van der Waals surface area contributed by atoms with Crippen LogP contribution in [0.5, 0.6) is 0 Å². The third-order valence-electron chi connectivity index (χ3n) is 6.75. The van der Waals surface area contributed by atoms with Gasteiger partial charge in [0, 0.05) is 33.2 Å². The molecule has 3 N–H and O–H groups in total. The Labute approximate surface area is 167 Å². The van der Waals surface area contributed by atoms with Crippen LogP contribution in [0.25, 0.3) is 0 Å². The lowest BCUT2D eigenvalue weighted by molar-refractivity contribution is -0.0610. The van der Waals surface area contributed by atoms with E-state index in [1.54, 1.807) is 0 Å². The molecule has 3 aliphatic rings. The van der Waals surface area contributed by atoms with E-state index in [1.807, 2.05) is 0 Å². The van der Waals surface area contributed by atoms with Gasteiger partial charge in [-0.1, -0.05) is 51.7 Å². The third-order valence-corrected chi connectivity index (χ3v) is 8.45. The predicted molar refractivity (Wildman–Crippen MR) is 114 cm³/mol. The van der Waals surface area contributed by atoms with E-state index in [4.69, 9.17) is 4.74 Å². The van der Waals surface area contributed by atoms with Gasteiger partial charge in [0.15, 0.2) is 0 Å². The van der Waals surface area contributed by atoms with E-state index < -0.39 is 13.8 Å². The molecule has 1 aliphatic carbocycles. The van der Waals surface area contributed by atoms with Gasteiger partial charge in [-0.2, -0.15) is 0 Å². The van der Waals surface area contributed by atoms with E-state index >= 15 is 0 Å². The molecule has 158 valence electrons. The third kappa shape index (κ3) is 6.25. The van der Waals surface area contributed by atoms with Gasteiger partial charge in [0.2, 0.25) is 0 Å². The molecular formula is C21H43N3O2Si. The van der Waals surface area contributed by atoms with Crippen LogP contribution in [0.1, 0.15) is 57.8 Å². The number of β-amino-alcohol motifs (C(OH)–C–C–N with tert-alkyl or cyclic N) is 1. The molecule has 2 saturated heterocycles. The highest BCUT2D eigenvalue weighted by Crippen LogP contribution is 2.36. The number of hydrogen-bond acceptors (Lipinski definition) is 5. The Hall–Kier alpha value is 0.0169. The summed E-state index contributed by atoms with van der Waals surface area (Å²) >= 11 is 0. The Balaban J connectivity index is 1.64. The summed E-state index contributed by atoms with van der Waals surface area (Å²) in [6, 6.07) is 1.65. The van der Waals surface area contributed by atoms with E-state index in [0.29, 0.717) is 25.2 Å². The number of aliphatic hydroxyl groups is 1. The highest BCUT2D eigenvalue weighted by atomic mass is 28.3. The Morgan fingerprint density at radius 3 is 2.59 bits per heavy atom. The first-order valence-electron chi connectivity index (χ1n) is 11.4. The quantitative estimate of drug-likeness (QED) is 0.491. The molecule has 3 fully saturated rings. The average Bonchev–Trinajstić information content (AvgIpc) is 2.94. The fraction of sp³-hybridized carbons (Fsp3) is 1.00. The summed E-state index contributed by atoms with van der Waals surface area (Å²) in [5, 5.41) is 19.1. The lowest BCUT2D eigenvalue weighted by Gasteiger charge is -2.41. The number of nitrogens with zero attached hydrogens (tertiary/aromatic N) is 1. The Kier molecular flexibility index (Phi) is 7.79. The van der Waals surface area contributed by atoms with Crippen molar-refractivity contribution in [2.45, 2.75) is 101 Å². The molecule has 0 aromatic carbocycles. The van der Waals surface area contributed by atoms with Crippen molar-refractivity contribution >= 4 is 8.07 Å². The van der Waals surface area contributed by atoms with Crippen molar-refractivity contribution in [3.63, 3.8) is 0 Å². The van der Waals surface area contributed by atoms with E-state index in [-0.39, 0.29) is 6.17 Å². The molecule has 5 nitrogen and oxygen atoms in total. The number of rotatable bonds is 5. The normalized spacial score (nSPS) is 36.7. The van der Waals surface area contributed by atoms with Gasteiger partial charge >= 0.3 is 0 Å². The smallest absolute Gasteiger partial charge is 0.134 e. The summed E-state index contributed by atoms with van der Waals surface area (Å²) < 4.78 is 6.07. The van der Waals surface area contributed by atoms with E-state index in [0.717, 1.165) is 26.0 Å². The molecule has 3 rings (SSSR count). The lowest BCUT2D eigenvalue weighted by atomic mass is 9.77. The molecule has 4 atom stereocenters. The number of ether oxygens (including phenoxy) is 1. The van der Waals surface area contributed by atoms with Crippen LogP contribution in [0.15, 0.2) is 0 Å². The van der Waals surface area contributed by atoms with Gasteiger partial charge in [-0.15, -0.1) is 0 Å². The summed E-state index contributed by atoms with van der Waals surface area (Å²) in [6.07, 6.45) is 11.3. The number of nitrogens with one attached hydrogen (secondary N) is 2. The second kappa shape index (κ2) is 9.68. The van der Waals surface area contributed by atoms with Crippen LogP contribution in [0.2, 0.25) is 25.7 Å². The molecule has 0 amide bonds. The Morgan fingerprint density at radius 2 is 1.78 bits per heavy atom. The zero-order valence-electron chi connectivity index (χ0n) is 17.9. The highest BCUT2D eigenvalue weighted by Gasteiger charge is 2.49. The molecule has 27 heavy (non-hydrogen) atoms. The lowest BCUT2D eigenvalue weighted by Crippen LogP contribution is -2.58. The minimum Gasteiger partial charge on any atom is -0.374 e. The van der Waals surface area contributed by atoms with Crippen molar-refractivity contribution in [1.29, 1.82) is 0 Å². The van der Waals surface area contributed by atoms with Crippen LogP contribution >= 0.6 is 0 Å². The van der Waals surface area contributed by atoms with Crippen molar-refractivity contribution in [2.24, 2.45) is 5.92 Å². The van der Waals surface area contributed by atoms with Gasteiger partial charge in [-0.3, -0.25) is 10.2 Å². The molecule has 2 heterocycles. The van der Waals surface area contributed by atoms with Crippen LogP contribution in [0, 0.1) is 5.92 Å². The zero-order valence-corrected chi connectivity index (χ0v) is 18.9. The van der Waals surface area contributed by atoms with Crippen molar-refractivity contribution in [1.82, 2.24) is 15.5 Å². The van der Waals surface area contributed by atoms with Gasteiger partial charge in [0.25, 0.3) is 0 Å². The molecule has 1 saturated carbocycles. The average molecular weight is 398 g/mol. The second-order valence-electron chi connectivity index (χ2n) is 10.3. The zero-order chi connectivity index (χ0) is 19.3. The highest BCUT2D eigenvalue weighted by molar-refractivity contribution is 6.76. The summed E-state index contributed by atoms with van der Waals surface area (Å²) in [7, 11) is -1.06. The molecule has 0 radical (unpaired) electrons. The molecule has 6 heteroatoms. The summed E-state index contributed by atoms with van der Waals surface area (Å²) in [5.41, 5.74) is -0.774. The summed E-state index contributed by atoms with van der Waals surface area (Å²) in [5.74, 6) is 0.306. The van der Waals surface area contributed by atoms with Gasteiger partial charge in [0.05, 0.1) is 6.17 Å². The maximum atomic E-state index is 11.6. The summed E-state index contributed by atoms with van der Waals surface area (Å²) in [6.45, 7) is 10.5. The van der Waals surface area contributed by atoms with Crippen molar-refractivity contribution in [2.75, 3.05) is 26.4 Å². The minimum absolute atomic E-state index is 0.254. The van der Waals surface area contributed by atoms with Gasteiger partial charge in [-0.05, 0) is 38.3 Å². The van der Waals surface area contributed by atoms with Gasteiger partial charge in [0.1, 0.15) is 12.5 Å². The van der Waals surface area contributed by atoms with Gasteiger partial charge in [-0.25, -0.2) is 0 Å². The first-order valence-corrected chi connectivity index (χ1v) is 15.1. The van der Waals surface area contributed by atoms with Crippen LogP contribution in [-0.2, 0) is 4.74 Å². The predicted octanol–water partition coefficient (Wildman–Crippen LogP) is 3.33. The summed E-state index contributed by atoms with van der Waals surface area (Å²) in [4.78, 5) is 2.37. The van der Waals surface area contributed by atoms with Crippen molar-refractivity contribution in [3.8, 4) is 0 Å². The first-order chi connectivity index (χ1) is 12.9. The molecule has 2 aliphatic heterocycles. The monoisotopic (exact) mass is 397 g/mol. The topological polar surface area (TPSA) is 56.8 Å². The first kappa shape index (κ1) is 21.7. The fourth-order valence-corrected chi connectivity index (χ4v) is 5.83. The second-order valence-corrected chi connectivity index (χ2v) is 16.0. The van der Waals surface area contributed by atoms with Crippen molar-refractivity contribution in [3.05, 3.63) is 0 Å². The van der Waals surface area contributed by atoms with Crippen molar-refractivity contribution < 1.29 is 9.84 Å². The SMILES string of the molecule is C[Si](C)(C)CCOCN1CC2(O)NC1CCCCCCNC1CCCCC12.